The van der Waals surface area contributed by atoms with Gasteiger partial charge in [-0.05, 0) is 38.1 Å². The number of carbonyl (C=O) groups is 3. The van der Waals surface area contributed by atoms with E-state index in [1.165, 1.54) is 13.8 Å². The molecule has 0 spiro atoms. The Bertz CT molecular complexity index is 622. The van der Waals surface area contributed by atoms with Crippen LogP contribution in [0.1, 0.15) is 47.0 Å². The van der Waals surface area contributed by atoms with Gasteiger partial charge in [-0.1, -0.05) is 13.8 Å². The van der Waals surface area contributed by atoms with Crippen LogP contribution in [0, 0.1) is 29.1 Å². The van der Waals surface area contributed by atoms with Gasteiger partial charge in [-0.25, -0.2) is 0 Å². The largest absolute Gasteiger partial charge is 0.462 e. The molecule has 3 aliphatic rings. The minimum Gasteiger partial charge on any atom is -0.462 e. The monoisotopic (exact) mass is 381 g/mol. The van der Waals surface area contributed by atoms with Gasteiger partial charge in [0.25, 0.3) is 0 Å². The molecule has 0 radical (unpaired) electrons. The maximum absolute atomic E-state index is 12.5. The second kappa shape index (κ2) is 7.41. The molecular formula is C20H31NO6. The first-order valence-corrected chi connectivity index (χ1v) is 9.89. The molecule has 0 bridgehead atoms. The minimum absolute atomic E-state index is 0.228. The Balaban J connectivity index is 2.07. The molecule has 7 nitrogen and oxygen atoms in total. The summed E-state index contributed by atoms with van der Waals surface area (Å²) >= 11 is 0. The summed E-state index contributed by atoms with van der Waals surface area (Å²) in [6, 6.07) is 0. The first-order chi connectivity index (χ1) is 12.7. The molecule has 0 aromatic heterocycles. The van der Waals surface area contributed by atoms with Crippen molar-refractivity contribution < 1.29 is 28.6 Å². The Hall–Kier alpha value is -1.63. The van der Waals surface area contributed by atoms with Crippen molar-refractivity contribution in [3.05, 3.63) is 0 Å². The number of hydrogen-bond donors (Lipinski definition) is 1. The number of hydrogen-bond acceptors (Lipinski definition) is 7. The van der Waals surface area contributed by atoms with Gasteiger partial charge in [-0.15, -0.1) is 0 Å². The van der Waals surface area contributed by atoms with Crippen LogP contribution in [0.5, 0.6) is 0 Å². The van der Waals surface area contributed by atoms with Gasteiger partial charge in [0, 0.05) is 31.7 Å². The Labute approximate surface area is 160 Å². The van der Waals surface area contributed by atoms with Crippen LogP contribution in [0.3, 0.4) is 0 Å². The molecule has 2 aliphatic carbocycles. The van der Waals surface area contributed by atoms with Crippen LogP contribution >= 0.6 is 0 Å². The summed E-state index contributed by atoms with van der Waals surface area (Å²) in [5.74, 6) is -1.03. The van der Waals surface area contributed by atoms with Gasteiger partial charge >= 0.3 is 17.9 Å². The lowest BCUT2D eigenvalue weighted by atomic mass is 9.67. The van der Waals surface area contributed by atoms with E-state index in [2.05, 4.69) is 19.2 Å². The van der Waals surface area contributed by atoms with Gasteiger partial charge < -0.3 is 19.5 Å². The highest BCUT2D eigenvalue weighted by Crippen LogP contribution is 2.59. The van der Waals surface area contributed by atoms with E-state index in [0.717, 1.165) is 19.3 Å². The molecule has 152 valence electrons. The molecule has 1 saturated heterocycles. The zero-order chi connectivity index (χ0) is 19.9. The molecule has 1 aliphatic heterocycles. The van der Waals surface area contributed by atoms with Crippen LogP contribution in [0.15, 0.2) is 0 Å². The molecular weight excluding hydrogens is 350 g/mol. The van der Waals surface area contributed by atoms with Crippen LogP contribution in [-0.2, 0) is 28.6 Å². The maximum Gasteiger partial charge on any atom is 0.311 e. The van der Waals surface area contributed by atoms with E-state index in [0.29, 0.717) is 12.5 Å². The van der Waals surface area contributed by atoms with Crippen LogP contribution < -0.4 is 5.32 Å². The normalized spacial score (nSPS) is 43.3. The Morgan fingerprint density at radius 2 is 1.89 bits per heavy atom. The average molecular weight is 381 g/mol. The van der Waals surface area contributed by atoms with E-state index in [1.807, 2.05) is 0 Å². The number of esters is 3. The molecule has 0 aromatic carbocycles. The summed E-state index contributed by atoms with van der Waals surface area (Å²) in [6.45, 7) is 7.49. The van der Waals surface area contributed by atoms with E-state index in [1.54, 1.807) is 7.05 Å². The highest BCUT2D eigenvalue weighted by Gasteiger charge is 2.65. The minimum atomic E-state index is -0.545. The topological polar surface area (TPSA) is 90.9 Å². The molecule has 2 saturated carbocycles. The van der Waals surface area contributed by atoms with Gasteiger partial charge in [0.05, 0.1) is 5.92 Å². The fourth-order valence-corrected chi connectivity index (χ4v) is 5.94. The molecule has 1 heterocycles. The fraction of sp³-hybridized carbons (Fsp3) is 0.850. The summed E-state index contributed by atoms with van der Waals surface area (Å²) in [4.78, 5) is 36.3. The number of carbonyl (C=O) groups excluding carboxylic acids is 3. The summed E-state index contributed by atoms with van der Waals surface area (Å²) in [7, 11) is 1.79. The molecule has 3 rings (SSSR count). The Morgan fingerprint density at radius 3 is 2.48 bits per heavy atom. The summed E-state index contributed by atoms with van der Waals surface area (Å²) in [5, 5.41) is 3.07. The van der Waals surface area contributed by atoms with Gasteiger partial charge in [0.1, 0.15) is 18.3 Å². The lowest BCUT2D eigenvalue weighted by molar-refractivity contribution is -0.179. The molecule has 0 amide bonds. The summed E-state index contributed by atoms with van der Waals surface area (Å²) in [5.41, 5.74) is -0.545. The second-order valence-corrected chi connectivity index (χ2v) is 8.61. The van der Waals surface area contributed by atoms with E-state index in [9.17, 15) is 14.4 Å². The second-order valence-electron chi connectivity index (χ2n) is 8.61. The van der Waals surface area contributed by atoms with Crippen LogP contribution in [-0.4, -0.2) is 49.8 Å². The smallest absolute Gasteiger partial charge is 0.311 e. The van der Waals surface area contributed by atoms with E-state index >= 15 is 0 Å². The van der Waals surface area contributed by atoms with Crippen molar-refractivity contribution in [2.24, 2.45) is 29.1 Å². The lowest BCUT2D eigenvalue weighted by Crippen LogP contribution is -2.53. The first kappa shape index (κ1) is 20.1. The zero-order valence-corrected chi connectivity index (χ0v) is 16.8. The summed E-state index contributed by atoms with van der Waals surface area (Å²) in [6.07, 6.45) is 1.18. The third kappa shape index (κ3) is 3.35. The molecule has 27 heavy (non-hydrogen) atoms. The third-order valence-electron chi connectivity index (χ3n) is 6.98. The predicted octanol–water partition coefficient (Wildman–Crippen LogP) is 1.68. The number of ether oxygens (including phenoxy) is 3. The van der Waals surface area contributed by atoms with Crippen molar-refractivity contribution in [2.45, 2.75) is 65.3 Å². The van der Waals surface area contributed by atoms with Crippen LogP contribution in [0.4, 0.5) is 0 Å². The third-order valence-corrected chi connectivity index (χ3v) is 6.98. The molecule has 0 aromatic rings. The van der Waals surface area contributed by atoms with Gasteiger partial charge in [0.2, 0.25) is 0 Å². The quantitative estimate of drug-likeness (QED) is 0.585. The van der Waals surface area contributed by atoms with E-state index in [-0.39, 0.29) is 47.9 Å². The van der Waals surface area contributed by atoms with Crippen molar-refractivity contribution in [2.75, 3.05) is 13.6 Å². The number of rotatable bonds is 4. The van der Waals surface area contributed by atoms with E-state index < -0.39 is 11.5 Å². The maximum atomic E-state index is 12.5. The van der Waals surface area contributed by atoms with Gasteiger partial charge in [0.15, 0.2) is 0 Å². The SMILES string of the molecule is CNC[C@H]1C(=O)O[C@H]2CC[C@@H]3[C@@H](C)CC(OC(C)=O)C3(C)[C@@H](OC(C)=O)[C@@H]21. The standard InChI is InChI=1S/C20H31NO6/c1-10-8-16(25-11(2)22)20(4)14(10)6-7-15-17(18(20)26-12(3)23)13(9-21-5)19(24)27-15/h10,13-18,21H,6-9H2,1-5H3/t10-,13+,14+,15-,16?,17+,18-,20?/m0/s1. The molecule has 8 atom stereocenters. The van der Waals surface area contributed by atoms with Crippen molar-refractivity contribution in [3.63, 3.8) is 0 Å². The van der Waals surface area contributed by atoms with Gasteiger partial charge in [-0.2, -0.15) is 0 Å². The summed E-state index contributed by atoms with van der Waals surface area (Å²) < 4.78 is 17.3. The zero-order valence-electron chi connectivity index (χ0n) is 16.8. The Kier molecular flexibility index (Phi) is 5.52. The van der Waals surface area contributed by atoms with Crippen molar-refractivity contribution in [1.29, 1.82) is 0 Å². The Morgan fingerprint density at radius 1 is 1.22 bits per heavy atom. The lowest BCUT2D eigenvalue weighted by Gasteiger charge is -2.44. The first-order valence-electron chi connectivity index (χ1n) is 9.89. The number of nitrogens with one attached hydrogen (secondary N) is 1. The highest BCUT2D eigenvalue weighted by atomic mass is 16.6. The molecule has 1 N–H and O–H groups in total. The molecule has 2 unspecified atom stereocenters. The van der Waals surface area contributed by atoms with Crippen molar-refractivity contribution in [3.8, 4) is 0 Å². The average Bonchev–Trinajstić information content (AvgIpc) is 2.94. The highest BCUT2D eigenvalue weighted by molar-refractivity contribution is 5.76. The van der Waals surface area contributed by atoms with Crippen molar-refractivity contribution >= 4 is 17.9 Å². The number of fused-ring (bicyclic) bond motifs is 2. The predicted molar refractivity (Wildman–Crippen MR) is 96.5 cm³/mol. The fourth-order valence-electron chi connectivity index (χ4n) is 5.94. The van der Waals surface area contributed by atoms with Crippen LogP contribution in [0.2, 0.25) is 0 Å². The molecule has 7 heteroatoms. The van der Waals surface area contributed by atoms with E-state index in [4.69, 9.17) is 14.2 Å². The van der Waals surface area contributed by atoms with Crippen molar-refractivity contribution in [1.82, 2.24) is 5.32 Å². The van der Waals surface area contributed by atoms with Gasteiger partial charge in [-0.3, -0.25) is 14.4 Å². The van der Waals surface area contributed by atoms with Crippen LogP contribution in [0.25, 0.3) is 0 Å². The molecule has 3 fully saturated rings.